The topological polar surface area (TPSA) is 26.3 Å². The van der Waals surface area contributed by atoms with Crippen LogP contribution in [0.1, 0.15) is 0 Å². The number of carbonyl (C=O) groups excluding carboxylic acids is 1. The predicted molar refractivity (Wildman–Crippen MR) is 46.7 cm³/mol. The largest absolute Gasteiger partial charge is 0.478 e. The van der Waals surface area contributed by atoms with Crippen LogP contribution >= 0.6 is 0 Å². The number of para-hydroxylation sites is 1. The summed E-state index contributed by atoms with van der Waals surface area (Å²) in [5, 5.41) is 0. The first-order valence-corrected chi connectivity index (χ1v) is 3.58. The van der Waals surface area contributed by atoms with Gasteiger partial charge in [-0.25, -0.2) is 0 Å². The summed E-state index contributed by atoms with van der Waals surface area (Å²) in [7, 11) is 0. The molecule has 0 heterocycles. The lowest BCUT2D eigenvalue weighted by atomic mass is 10.3. The molecule has 1 atom stereocenters. The second kappa shape index (κ2) is 4.34. The van der Waals surface area contributed by atoms with E-state index in [0.717, 1.165) is 0 Å². The Morgan fingerprint density at radius 1 is 1.42 bits per heavy atom. The van der Waals surface area contributed by atoms with Gasteiger partial charge >= 0.3 is 0 Å². The van der Waals surface area contributed by atoms with Crippen LogP contribution in [0.4, 0.5) is 0 Å². The minimum absolute atomic E-state index is 0.644. The number of hydrogen-bond acceptors (Lipinski definition) is 2. The zero-order valence-electron chi connectivity index (χ0n) is 6.57. The number of hydrogen-bond donors (Lipinski definition) is 0. The van der Waals surface area contributed by atoms with Crippen LogP contribution in [0, 0.1) is 0 Å². The van der Waals surface area contributed by atoms with Crippen LogP contribution in [0.25, 0.3) is 0 Å². The van der Waals surface area contributed by atoms with Gasteiger partial charge in [0.2, 0.25) is 6.29 Å². The third-order valence-corrected chi connectivity index (χ3v) is 1.34. The van der Waals surface area contributed by atoms with Crippen molar-refractivity contribution in [2.24, 2.45) is 0 Å². The van der Waals surface area contributed by atoms with Gasteiger partial charge in [-0.3, -0.25) is 4.79 Å². The van der Waals surface area contributed by atoms with Gasteiger partial charge in [0.05, 0.1) is 0 Å². The molecule has 2 heteroatoms. The fraction of sp³-hybridized carbons (Fsp3) is 0.100. The molecule has 1 radical (unpaired) electrons. The average Bonchev–Trinajstić information content (AvgIpc) is 2.16. The van der Waals surface area contributed by atoms with Crippen LogP contribution < -0.4 is 4.74 Å². The van der Waals surface area contributed by atoms with E-state index in [-0.39, 0.29) is 0 Å². The summed E-state index contributed by atoms with van der Waals surface area (Å²) in [6, 6.07) is 9.09. The summed E-state index contributed by atoms with van der Waals surface area (Å²) in [5.41, 5.74) is 0. The van der Waals surface area contributed by atoms with E-state index in [4.69, 9.17) is 4.74 Å². The van der Waals surface area contributed by atoms with Gasteiger partial charge in [0.15, 0.2) is 6.10 Å². The molecule has 1 aromatic rings. The molecule has 0 fully saturated rings. The van der Waals surface area contributed by atoms with Crippen molar-refractivity contribution in [1.82, 2.24) is 0 Å². The number of ether oxygens (including phenoxy) is 1. The first-order valence-electron chi connectivity index (χ1n) is 3.58. The van der Waals surface area contributed by atoms with Crippen LogP contribution in [0.15, 0.2) is 43.0 Å². The van der Waals surface area contributed by atoms with Gasteiger partial charge in [-0.2, -0.15) is 0 Å². The Morgan fingerprint density at radius 2 is 2.08 bits per heavy atom. The average molecular weight is 161 g/mol. The summed E-state index contributed by atoms with van der Waals surface area (Å²) in [5.74, 6) is 0.644. The molecule has 0 aliphatic carbocycles. The lowest BCUT2D eigenvalue weighted by Gasteiger charge is -2.07. The van der Waals surface area contributed by atoms with Crippen molar-refractivity contribution in [3.05, 3.63) is 43.0 Å². The van der Waals surface area contributed by atoms with Crippen LogP contribution in [0.5, 0.6) is 5.75 Å². The molecule has 0 amide bonds. The standard InChI is InChI=1S/C10H9O2/c1-2-9(8-11)12-10-6-4-3-5-7-10/h2-7,9H,1H2. The van der Waals surface area contributed by atoms with E-state index in [1.165, 1.54) is 6.08 Å². The van der Waals surface area contributed by atoms with Crippen LogP contribution in [0.2, 0.25) is 0 Å². The van der Waals surface area contributed by atoms with Crippen molar-refractivity contribution in [3.63, 3.8) is 0 Å². The van der Waals surface area contributed by atoms with Crippen molar-refractivity contribution in [2.45, 2.75) is 6.10 Å². The molecule has 0 aliphatic heterocycles. The Kier molecular flexibility index (Phi) is 3.08. The quantitative estimate of drug-likeness (QED) is 0.628. The maximum atomic E-state index is 10.2. The molecule has 0 saturated carbocycles. The SMILES string of the molecule is C=CC([C]=O)Oc1ccccc1. The molecule has 0 saturated heterocycles. The van der Waals surface area contributed by atoms with Crippen molar-refractivity contribution in [3.8, 4) is 5.75 Å². The van der Waals surface area contributed by atoms with Crippen LogP contribution in [0.3, 0.4) is 0 Å². The van der Waals surface area contributed by atoms with E-state index in [1.54, 1.807) is 18.4 Å². The van der Waals surface area contributed by atoms with Crippen molar-refractivity contribution < 1.29 is 9.53 Å². The smallest absolute Gasteiger partial charge is 0.247 e. The van der Waals surface area contributed by atoms with Crippen molar-refractivity contribution >= 4 is 6.29 Å². The summed E-state index contributed by atoms with van der Waals surface area (Å²) >= 11 is 0. The van der Waals surface area contributed by atoms with Crippen LogP contribution in [-0.2, 0) is 4.79 Å². The summed E-state index contributed by atoms with van der Waals surface area (Å²) in [6.45, 7) is 3.44. The summed E-state index contributed by atoms with van der Waals surface area (Å²) in [6.07, 6.45) is 2.44. The van der Waals surface area contributed by atoms with Gasteiger partial charge in [0.25, 0.3) is 0 Å². The third kappa shape index (κ3) is 2.23. The molecule has 61 valence electrons. The molecule has 2 nitrogen and oxygen atoms in total. The van der Waals surface area contributed by atoms with Crippen molar-refractivity contribution in [2.75, 3.05) is 0 Å². The lowest BCUT2D eigenvalue weighted by Crippen LogP contribution is -2.13. The minimum Gasteiger partial charge on any atom is -0.478 e. The molecule has 0 aliphatic rings. The Hall–Kier alpha value is -1.57. The van der Waals surface area contributed by atoms with E-state index < -0.39 is 6.10 Å². The summed E-state index contributed by atoms with van der Waals surface area (Å²) in [4.78, 5) is 10.2. The highest BCUT2D eigenvalue weighted by atomic mass is 16.5. The second-order valence-corrected chi connectivity index (χ2v) is 2.21. The highest BCUT2D eigenvalue weighted by Gasteiger charge is 2.02. The van der Waals surface area contributed by atoms with E-state index in [2.05, 4.69) is 6.58 Å². The van der Waals surface area contributed by atoms with E-state index in [0.29, 0.717) is 5.75 Å². The van der Waals surface area contributed by atoms with Gasteiger partial charge in [0.1, 0.15) is 5.75 Å². The number of rotatable bonds is 4. The van der Waals surface area contributed by atoms with Gasteiger partial charge in [-0.15, -0.1) is 0 Å². The molecule has 1 unspecified atom stereocenters. The molecule has 0 aromatic heterocycles. The van der Waals surface area contributed by atoms with Gasteiger partial charge in [-0.1, -0.05) is 24.8 Å². The highest BCUT2D eigenvalue weighted by Crippen LogP contribution is 2.10. The first-order chi connectivity index (χ1) is 5.86. The molecule has 0 bridgehead atoms. The fourth-order valence-corrected chi connectivity index (χ4v) is 0.766. The monoisotopic (exact) mass is 161 g/mol. The van der Waals surface area contributed by atoms with E-state index in [9.17, 15) is 4.79 Å². The molecule has 1 aromatic carbocycles. The Labute approximate surface area is 71.5 Å². The predicted octanol–water partition coefficient (Wildman–Crippen LogP) is 1.73. The molecule has 0 spiro atoms. The zero-order chi connectivity index (χ0) is 8.81. The molecule has 0 N–H and O–H groups in total. The van der Waals surface area contributed by atoms with E-state index >= 15 is 0 Å². The maximum Gasteiger partial charge on any atom is 0.247 e. The molecular formula is C10H9O2. The zero-order valence-corrected chi connectivity index (χ0v) is 6.57. The minimum atomic E-state index is -0.674. The highest BCUT2D eigenvalue weighted by molar-refractivity contribution is 5.60. The van der Waals surface area contributed by atoms with Gasteiger partial charge in [0, 0.05) is 0 Å². The second-order valence-electron chi connectivity index (χ2n) is 2.21. The van der Waals surface area contributed by atoms with Gasteiger partial charge in [-0.05, 0) is 18.2 Å². The maximum absolute atomic E-state index is 10.2. The molecule has 1 rings (SSSR count). The lowest BCUT2D eigenvalue weighted by molar-refractivity contribution is 0.304. The number of benzene rings is 1. The molecule has 12 heavy (non-hydrogen) atoms. The normalized spacial score (nSPS) is 11.7. The van der Waals surface area contributed by atoms with Gasteiger partial charge < -0.3 is 4.74 Å². The van der Waals surface area contributed by atoms with E-state index in [1.807, 2.05) is 18.2 Å². The molecular weight excluding hydrogens is 152 g/mol. The van der Waals surface area contributed by atoms with Crippen molar-refractivity contribution in [1.29, 1.82) is 0 Å². The Balaban J connectivity index is 2.62. The van der Waals surface area contributed by atoms with Crippen LogP contribution in [-0.4, -0.2) is 12.4 Å². The Morgan fingerprint density at radius 3 is 2.58 bits per heavy atom. The fourth-order valence-electron chi connectivity index (χ4n) is 0.766. The summed E-state index contributed by atoms with van der Waals surface area (Å²) < 4.78 is 5.17. The third-order valence-electron chi connectivity index (χ3n) is 1.34. The first kappa shape index (κ1) is 8.53. The Bertz CT molecular complexity index is 246.